The molecule has 1 aliphatic heterocycles. The molecule has 0 amide bonds. The lowest BCUT2D eigenvalue weighted by atomic mass is 10.0. The summed E-state index contributed by atoms with van der Waals surface area (Å²) in [7, 11) is 0. The molecule has 1 atom stereocenters. The summed E-state index contributed by atoms with van der Waals surface area (Å²) in [6.45, 7) is 1.97. The maximum atomic E-state index is 14.6. The lowest BCUT2D eigenvalue weighted by Gasteiger charge is -2.35. The summed E-state index contributed by atoms with van der Waals surface area (Å²) >= 11 is 2.61. The number of halogens is 2. The standard InChI is InChI=1S/C20H19F2N7OS2/c1-12-25-26-19(31-12)29-20(9-10-30-28-18(23)24,13-5-3-2-4-6-13)32-17(27-29)15-11-14(21)7-8-16(15)22/h2-8,11H,9-10H2,1H3,(H4,23,24,28). The summed E-state index contributed by atoms with van der Waals surface area (Å²) in [4.78, 5) is 4.43. The van der Waals surface area contributed by atoms with Crippen molar-refractivity contribution < 1.29 is 13.6 Å². The minimum Gasteiger partial charge on any atom is -0.368 e. The van der Waals surface area contributed by atoms with Crippen molar-refractivity contribution in [1.82, 2.24) is 15.7 Å². The van der Waals surface area contributed by atoms with Crippen molar-refractivity contribution in [3.05, 3.63) is 76.3 Å². The molecule has 166 valence electrons. The number of nitrogens with zero attached hydrogens (tertiary/aromatic N) is 4. The topological polar surface area (TPSA) is 113 Å². The van der Waals surface area contributed by atoms with Gasteiger partial charge in [-0.1, -0.05) is 53.4 Å². The Morgan fingerprint density at radius 3 is 2.69 bits per heavy atom. The highest BCUT2D eigenvalue weighted by Crippen LogP contribution is 2.52. The van der Waals surface area contributed by atoms with E-state index in [4.69, 9.17) is 16.0 Å². The fourth-order valence-electron chi connectivity index (χ4n) is 3.23. The van der Waals surface area contributed by atoms with Crippen LogP contribution in [-0.4, -0.2) is 27.8 Å². The normalized spacial score (nSPS) is 18.0. The number of thioether (sulfide) groups is 1. The Bertz CT molecular complexity index is 1160. The summed E-state index contributed by atoms with van der Waals surface area (Å²) < 4.78 is 28.6. The van der Waals surface area contributed by atoms with Crippen LogP contribution in [0.25, 0.3) is 0 Å². The summed E-state index contributed by atoms with van der Waals surface area (Å²) in [5, 5.41) is 23.5. The Morgan fingerprint density at radius 1 is 1.22 bits per heavy atom. The molecule has 0 fully saturated rings. The van der Waals surface area contributed by atoms with E-state index in [2.05, 4.69) is 20.8 Å². The lowest BCUT2D eigenvalue weighted by Crippen LogP contribution is -2.40. The minimum atomic E-state index is -0.889. The molecular weight excluding hydrogens is 456 g/mol. The van der Waals surface area contributed by atoms with Gasteiger partial charge in [-0.05, 0) is 30.7 Å². The summed E-state index contributed by atoms with van der Waals surface area (Å²) in [6, 6.07) is 12.8. The Kier molecular flexibility index (Phi) is 6.35. The molecule has 2 heterocycles. The smallest absolute Gasteiger partial charge is 0.230 e. The van der Waals surface area contributed by atoms with Crippen molar-refractivity contribution in [2.75, 3.05) is 11.6 Å². The van der Waals surface area contributed by atoms with Gasteiger partial charge in [0.15, 0.2) is 0 Å². The first kappa shape index (κ1) is 22.1. The molecule has 1 unspecified atom stereocenters. The minimum absolute atomic E-state index is 0.0572. The van der Waals surface area contributed by atoms with Gasteiger partial charge in [0.25, 0.3) is 0 Å². The largest absolute Gasteiger partial charge is 0.368 e. The van der Waals surface area contributed by atoms with E-state index in [0.717, 1.165) is 28.8 Å². The van der Waals surface area contributed by atoms with Gasteiger partial charge < -0.3 is 5.73 Å². The Morgan fingerprint density at radius 2 is 2.00 bits per heavy atom. The van der Waals surface area contributed by atoms with Crippen LogP contribution in [0.15, 0.2) is 53.6 Å². The maximum absolute atomic E-state index is 14.6. The van der Waals surface area contributed by atoms with E-state index in [1.165, 1.54) is 23.1 Å². The van der Waals surface area contributed by atoms with Crippen molar-refractivity contribution in [2.45, 2.75) is 18.2 Å². The molecule has 12 heteroatoms. The molecule has 0 aliphatic carbocycles. The van der Waals surface area contributed by atoms with Gasteiger partial charge in [-0.25, -0.2) is 19.3 Å². The van der Waals surface area contributed by atoms with Crippen molar-refractivity contribution >= 4 is 39.2 Å². The zero-order valence-corrected chi connectivity index (χ0v) is 18.5. The molecule has 0 bridgehead atoms. The van der Waals surface area contributed by atoms with Crippen LogP contribution in [0.3, 0.4) is 0 Å². The molecule has 32 heavy (non-hydrogen) atoms. The average Bonchev–Trinajstić information content (AvgIpc) is 3.38. The summed E-state index contributed by atoms with van der Waals surface area (Å²) in [5.41, 5.74) is 8.53. The third-order valence-electron chi connectivity index (χ3n) is 4.60. The number of hydrogen-bond donors (Lipinski definition) is 3. The predicted octanol–water partition coefficient (Wildman–Crippen LogP) is 3.70. The van der Waals surface area contributed by atoms with Crippen molar-refractivity contribution in [3.63, 3.8) is 0 Å². The van der Waals surface area contributed by atoms with Crippen molar-refractivity contribution in [3.8, 4) is 0 Å². The first-order valence-electron chi connectivity index (χ1n) is 9.50. The van der Waals surface area contributed by atoms with Gasteiger partial charge in [-0.2, -0.15) is 5.10 Å². The van der Waals surface area contributed by atoms with Gasteiger partial charge in [-0.3, -0.25) is 10.2 Å². The number of hydrazone groups is 1. The van der Waals surface area contributed by atoms with Crippen LogP contribution in [0.5, 0.6) is 0 Å². The van der Waals surface area contributed by atoms with Crippen LogP contribution in [0, 0.1) is 24.0 Å². The highest BCUT2D eigenvalue weighted by Gasteiger charge is 2.48. The van der Waals surface area contributed by atoms with Crippen LogP contribution in [0.1, 0.15) is 22.6 Å². The fraction of sp³-hybridized carbons (Fsp3) is 0.200. The summed E-state index contributed by atoms with van der Waals surface area (Å²) in [6.07, 6.45) is 0.352. The number of rotatable bonds is 7. The van der Waals surface area contributed by atoms with E-state index in [0.29, 0.717) is 16.6 Å². The molecule has 0 spiro atoms. The van der Waals surface area contributed by atoms with Crippen molar-refractivity contribution in [2.24, 2.45) is 10.8 Å². The van der Waals surface area contributed by atoms with Gasteiger partial charge in [0.2, 0.25) is 11.1 Å². The van der Waals surface area contributed by atoms with E-state index in [9.17, 15) is 8.78 Å². The molecule has 1 aliphatic rings. The van der Waals surface area contributed by atoms with E-state index in [1.54, 1.807) is 5.01 Å². The van der Waals surface area contributed by atoms with Gasteiger partial charge in [0, 0.05) is 12.0 Å². The van der Waals surface area contributed by atoms with Crippen LogP contribution in [0.2, 0.25) is 0 Å². The number of anilines is 1. The first-order chi connectivity index (χ1) is 15.4. The van der Waals surface area contributed by atoms with E-state index < -0.39 is 16.5 Å². The molecule has 3 aromatic rings. The molecule has 4 N–H and O–H groups in total. The van der Waals surface area contributed by atoms with E-state index in [-0.39, 0.29) is 18.1 Å². The van der Waals surface area contributed by atoms with Gasteiger partial charge in [0.1, 0.15) is 26.6 Å². The molecule has 2 aromatic carbocycles. The molecule has 0 saturated carbocycles. The molecule has 0 saturated heterocycles. The second-order valence-electron chi connectivity index (χ2n) is 6.81. The first-order valence-corrected chi connectivity index (χ1v) is 11.1. The third kappa shape index (κ3) is 4.42. The van der Waals surface area contributed by atoms with Crippen molar-refractivity contribution in [1.29, 1.82) is 5.41 Å². The van der Waals surface area contributed by atoms with E-state index >= 15 is 0 Å². The number of aryl methyl sites for hydroxylation is 1. The maximum Gasteiger partial charge on any atom is 0.230 e. The number of hydroxylamine groups is 1. The molecule has 1 aromatic heterocycles. The number of hydrogen-bond acceptors (Lipinski definition) is 8. The average molecular weight is 476 g/mol. The number of nitrogens with two attached hydrogens (primary N) is 1. The zero-order chi connectivity index (χ0) is 22.7. The van der Waals surface area contributed by atoms with E-state index in [1.807, 2.05) is 37.3 Å². The number of nitrogens with one attached hydrogen (secondary N) is 2. The number of benzene rings is 2. The quantitative estimate of drug-likeness (QED) is 0.207. The lowest BCUT2D eigenvalue weighted by molar-refractivity contribution is 0.0752. The molecule has 0 radical (unpaired) electrons. The van der Waals surface area contributed by atoms with Gasteiger partial charge >= 0.3 is 0 Å². The van der Waals surface area contributed by atoms with Crippen LogP contribution in [-0.2, 0) is 9.71 Å². The van der Waals surface area contributed by atoms with Crippen LogP contribution < -0.4 is 16.2 Å². The molecule has 8 nitrogen and oxygen atoms in total. The second kappa shape index (κ2) is 9.18. The summed E-state index contributed by atoms with van der Waals surface area (Å²) in [5.74, 6) is -1.47. The Balaban J connectivity index is 1.80. The number of guanidine groups is 1. The highest BCUT2D eigenvalue weighted by atomic mass is 32.2. The predicted molar refractivity (Wildman–Crippen MR) is 121 cm³/mol. The monoisotopic (exact) mass is 475 g/mol. The molecule has 4 rings (SSSR count). The highest BCUT2D eigenvalue weighted by molar-refractivity contribution is 8.15. The molecular formula is C20H19F2N7OS2. The van der Waals surface area contributed by atoms with Gasteiger partial charge in [0.05, 0.1) is 6.61 Å². The zero-order valence-electron chi connectivity index (χ0n) is 16.9. The Hall–Kier alpha value is -3.09. The third-order valence-corrected chi connectivity index (χ3v) is 6.86. The fourth-order valence-corrected chi connectivity index (χ4v) is 5.36. The number of aromatic nitrogens is 2. The van der Waals surface area contributed by atoms with Crippen LogP contribution in [0.4, 0.5) is 13.9 Å². The van der Waals surface area contributed by atoms with Gasteiger partial charge in [-0.15, -0.1) is 10.2 Å². The Labute approximate surface area is 190 Å². The SMILES string of the molecule is Cc1nnc(N2N=C(c3cc(F)ccc3F)SC2(CCONC(=N)N)c2ccccc2)s1. The van der Waals surface area contributed by atoms with Crippen LogP contribution >= 0.6 is 23.1 Å². The second-order valence-corrected chi connectivity index (χ2v) is 9.24.